The Balaban J connectivity index is 1.48. The Morgan fingerprint density at radius 2 is 1.62 bits per heavy atom. The second-order valence-corrected chi connectivity index (χ2v) is 10.2. The lowest BCUT2D eigenvalue weighted by Crippen LogP contribution is -2.55. The third-order valence-corrected chi connectivity index (χ3v) is 7.36. The van der Waals surface area contributed by atoms with Crippen molar-refractivity contribution in [3.8, 4) is 0 Å². The number of hydrogen-bond donors (Lipinski definition) is 1. The molecule has 0 saturated carbocycles. The lowest BCUT2D eigenvalue weighted by molar-refractivity contribution is -0.120. The summed E-state index contributed by atoms with van der Waals surface area (Å²) in [7, 11) is 2.21. The van der Waals surface area contributed by atoms with Gasteiger partial charge in [-0.25, -0.2) is 0 Å². The third kappa shape index (κ3) is 4.55. The Labute approximate surface area is 192 Å². The van der Waals surface area contributed by atoms with Crippen LogP contribution in [0.5, 0.6) is 0 Å². The Hall–Kier alpha value is -2.37. The van der Waals surface area contributed by atoms with Gasteiger partial charge in [0.25, 0.3) is 0 Å². The van der Waals surface area contributed by atoms with Gasteiger partial charge in [0.2, 0.25) is 5.91 Å². The normalized spacial score (nSPS) is 24.9. The highest BCUT2D eigenvalue weighted by molar-refractivity contribution is 5.97. The molecule has 3 atom stereocenters. The number of carbonyl (C=O) groups excluding carboxylic acids is 1. The quantitative estimate of drug-likeness (QED) is 0.770. The second kappa shape index (κ2) is 8.87. The van der Waals surface area contributed by atoms with Crippen LogP contribution >= 0.6 is 0 Å². The number of carbonyl (C=O) groups is 1. The topological polar surface area (TPSA) is 47.0 Å². The number of likely N-dealkylation sites (N-methyl/N-ethyl adjacent to an activating group) is 1. The molecule has 0 aliphatic carbocycles. The number of nitrogens with zero attached hydrogens (tertiary/aromatic N) is 3. The van der Waals surface area contributed by atoms with Crippen LogP contribution in [0.2, 0.25) is 0 Å². The zero-order chi connectivity index (χ0) is 23.0. The van der Waals surface area contributed by atoms with Crippen LogP contribution in [0, 0.1) is 5.92 Å². The molecule has 1 amide bonds. The van der Waals surface area contributed by atoms with Crippen LogP contribution in [0.4, 0.5) is 11.4 Å². The van der Waals surface area contributed by atoms with E-state index in [1.165, 1.54) is 11.3 Å². The molecule has 0 aromatic heterocycles. The smallest absolute Gasteiger partial charge is 0.230 e. The first kappa shape index (κ1) is 22.8. The molecule has 2 aromatic carbocycles. The van der Waals surface area contributed by atoms with Gasteiger partial charge in [0.15, 0.2) is 0 Å². The molecule has 1 N–H and O–H groups in total. The van der Waals surface area contributed by atoms with E-state index in [2.05, 4.69) is 55.0 Å². The maximum absolute atomic E-state index is 13.3. The molecule has 2 aliphatic rings. The molecule has 2 heterocycles. The standard InChI is InChI=1S/C27H37N3O2/c1-19-17-29(18-20(2)28(19)5)25-9-7-6-8-21(25)16-22-14-15-30(26(22)31)24-12-10-23(11-13-24)27(3,4)32/h6-13,19-20,22,32H,14-18H2,1-5H3. The molecule has 3 unspecified atom stereocenters. The van der Waals surface area contributed by atoms with Gasteiger partial charge in [0, 0.05) is 49.0 Å². The molecule has 2 aliphatic heterocycles. The van der Waals surface area contributed by atoms with E-state index in [4.69, 9.17) is 0 Å². The molecule has 32 heavy (non-hydrogen) atoms. The molecular formula is C27H37N3O2. The average molecular weight is 436 g/mol. The third-order valence-electron chi connectivity index (χ3n) is 7.36. The highest BCUT2D eigenvalue weighted by Gasteiger charge is 2.34. The predicted octanol–water partition coefficient (Wildman–Crippen LogP) is 4.04. The van der Waals surface area contributed by atoms with Gasteiger partial charge in [0.1, 0.15) is 0 Å². The van der Waals surface area contributed by atoms with E-state index in [0.29, 0.717) is 12.1 Å². The fraction of sp³-hybridized carbons (Fsp3) is 0.519. The Morgan fingerprint density at radius 3 is 2.25 bits per heavy atom. The average Bonchev–Trinajstić information content (AvgIpc) is 3.11. The summed E-state index contributed by atoms with van der Waals surface area (Å²) in [5.41, 5.74) is 3.45. The van der Waals surface area contributed by atoms with E-state index in [1.54, 1.807) is 13.8 Å². The number of anilines is 2. The minimum Gasteiger partial charge on any atom is -0.386 e. The summed E-state index contributed by atoms with van der Waals surface area (Å²) in [6.45, 7) is 10.9. The molecule has 5 heteroatoms. The van der Waals surface area contributed by atoms with Crippen molar-refractivity contribution in [3.05, 3.63) is 59.7 Å². The molecule has 2 saturated heterocycles. The molecule has 0 bridgehead atoms. The van der Waals surface area contributed by atoms with Crippen LogP contribution in [0.3, 0.4) is 0 Å². The number of amides is 1. The van der Waals surface area contributed by atoms with Gasteiger partial charge in [-0.15, -0.1) is 0 Å². The van der Waals surface area contributed by atoms with Crippen LogP contribution in [0.1, 0.15) is 45.2 Å². The minimum absolute atomic E-state index is 0.00687. The van der Waals surface area contributed by atoms with Crippen molar-refractivity contribution in [1.82, 2.24) is 4.90 Å². The SMILES string of the molecule is CC1CN(c2ccccc2CC2CCN(c3ccc(C(C)(C)O)cc3)C2=O)CC(C)N1C. The fourth-order valence-corrected chi connectivity index (χ4v) is 5.09. The lowest BCUT2D eigenvalue weighted by atomic mass is 9.95. The number of benzene rings is 2. The summed E-state index contributed by atoms with van der Waals surface area (Å²) >= 11 is 0. The predicted molar refractivity (Wildman–Crippen MR) is 131 cm³/mol. The van der Waals surface area contributed by atoms with Crippen LogP contribution in [-0.4, -0.2) is 54.7 Å². The molecule has 0 spiro atoms. The summed E-state index contributed by atoms with van der Waals surface area (Å²) in [6.07, 6.45) is 1.65. The van der Waals surface area contributed by atoms with Crippen molar-refractivity contribution in [3.63, 3.8) is 0 Å². The van der Waals surface area contributed by atoms with Gasteiger partial charge in [-0.3, -0.25) is 9.69 Å². The number of para-hydroxylation sites is 1. The van der Waals surface area contributed by atoms with Crippen molar-refractivity contribution in [1.29, 1.82) is 0 Å². The van der Waals surface area contributed by atoms with Crippen LogP contribution in [0.25, 0.3) is 0 Å². The van der Waals surface area contributed by atoms with Gasteiger partial charge < -0.3 is 14.9 Å². The Morgan fingerprint density at radius 1 is 1.00 bits per heavy atom. The van der Waals surface area contributed by atoms with E-state index in [0.717, 1.165) is 43.7 Å². The van der Waals surface area contributed by atoms with Gasteiger partial charge in [-0.05, 0) is 76.9 Å². The first-order valence-electron chi connectivity index (χ1n) is 11.8. The fourth-order valence-electron chi connectivity index (χ4n) is 5.09. The second-order valence-electron chi connectivity index (χ2n) is 10.2. The summed E-state index contributed by atoms with van der Waals surface area (Å²) in [4.78, 5) is 20.1. The highest BCUT2D eigenvalue weighted by Crippen LogP contribution is 2.33. The maximum atomic E-state index is 13.3. The number of piperazine rings is 1. The first-order chi connectivity index (χ1) is 15.1. The Bertz CT molecular complexity index is 938. The van der Waals surface area contributed by atoms with Crippen LogP contribution in [0.15, 0.2) is 48.5 Å². The summed E-state index contributed by atoms with van der Waals surface area (Å²) in [5.74, 6) is 0.211. The van der Waals surface area contributed by atoms with Crippen molar-refractivity contribution in [2.24, 2.45) is 5.92 Å². The van der Waals surface area contributed by atoms with E-state index in [-0.39, 0.29) is 11.8 Å². The lowest BCUT2D eigenvalue weighted by Gasteiger charge is -2.44. The number of hydrogen-bond acceptors (Lipinski definition) is 4. The van der Waals surface area contributed by atoms with Gasteiger partial charge in [-0.2, -0.15) is 0 Å². The number of aliphatic hydroxyl groups is 1. The van der Waals surface area contributed by atoms with E-state index >= 15 is 0 Å². The van der Waals surface area contributed by atoms with Crippen molar-refractivity contribution < 1.29 is 9.90 Å². The minimum atomic E-state index is -0.877. The highest BCUT2D eigenvalue weighted by atomic mass is 16.3. The molecule has 4 rings (SSSR count). The number of rotatable bonds is 5. The van der Waals surface area contributed by atoms with Gasteiger partial charge in [0.05, 0.1) is 5.60 Å². The summed E-state index contributed by atoms with van der Waals surface area (Å²) in [5, 5.41) is 10.2. The molecule has 5 nitrogen and oxygen atoms in total. The molecule has 172 valence electrons. The Kier molecular flexibility index (Phi) is 6.33. The van der Waals surface area contributed by atoms with Crippen LogP contribution in [-0.2, 0) is 16.8 Å². The summed E-state index contributed by atoms with van der Waals surface area (Å²) in [6, 6.07) is 17.4. The van der Waals surface area contributed by atoms with E-state index in [9.17, 15) is 9.90 Å². The van der Waals surface area contributed by atoms with E-state index < -0.39 is 5.60 Å². The first-order valence-corrected chi connectivity index (χ1v) is 11.8. The molecular weight excluding hydrogens is 398 g/mol. The molecule has 2 aromatic rings. The zero-order valence-corrected chi connectivity index (χ0v) is 20.1. The van der Waals surface area contributed by atoms with Crippen molar-refractivity contribution in [2.75, 3.05) is 36.5 Å². The largest absolute Gasteiger partial charge is 0.386 e. The maximum Gasteiger partial charge on any atom is 0.230 e. The van der Waals surface area contributed by atoms with Crippen molar-refractivity contribution >= 4 is 17.3 Å². The van der Waals surface area contributed by atoms with E-state index in [1.807, 2.05) is 29.2 Å². The van der Waals surface area contributed by atoms with Gasteiger partial charge in [-0.1, -0.05) is 30.3 Å². The van der Waals surface area contributed by atoms with Crippen LogP contribution < -0.4 is 9.80 Å². The monoisotopic (exact) mass is 435 g/mol. The van der Waals surface area contributed by atoms with Gasteiger partial charge >= 0.3 is 0 Å². The van der Waals surface area contributed by atoms with Crippen molar-refractivity contribution in [2.45, 2.75) is 58.2 Å². The molecule has 0 radical (unpaired) electrons. The summed E-state index contributed by atoms with van der Waals surface area (Å²) < 4.78 is 0. The zero-order valence-electron chi connectivity index (χ0n) is 20.1. The molecule has 2 fully saturated rings.